The normalized spacial score (nSPS) is 25.2. The van der Waals surface area contributed by atoms with E-state index in [1.807, 2.05) is 6.07 Å². The van der Waals surface area contributed by atoms with Crippen LogP contribution in [0.2, 0.25) is 0 Å². The SMILES string of the molecule is O=C(C1CC(F)(c2cccc(F)c2)C1)N1CCc2ccc(O)cc2CC1. The van der Waals surface area contributed by atoms with Crippen molar-refractivity contribution in [1.29, 1.82) is 0 Å². The van der Waals surface area contributed by atoms with Crippen LogP contribution in [0.15, 0.2) is 42.5 Å². The number of halogens is 2. The van der Waals surface area contributed by atoms with Crippen LogP contribution >= 0.6 is 0 Å². The van der Waals surface area contributed by atoms with E-state index in [0.29, 0.717) is 25.1 Å². The maximum absolute atomic E-state index is 15.0. The number of aromatic hydroxyl groups is 1. The van der Waals surface area contributed by atoms with E-state index in [-0.39, 0.29) is 30.4 Å². The maximum atomic E-state index is 15.0. The Labute approximate surface area is 151 Å². The van der Waals surface area contributed by atoms with Crippen LogP contribution in [0, 0.1) is 11.7 Å². The lowest BCUT2D eigenvalue weighted by Crippen LogP contribution is -2.48. The van der Waals surface area contributed by atoms with E-state index in [2.05, 4.69) is 0 Å². The average Bonchev–Trinajstić information content (AvgIpc) is 2.80. The van der Waals surface area contributed by atoms with Crippen molar-refractivity contribution in [3.8, 4) is 5.75 Å². The molecule has 1 aliphatic heterocycles. The van der Waals surface area contributed by atoms with Crippen molar-refractivity contribution in [2.45, 2.75) is 31.4 Å². The highest BCUT2D eigenvalue weighted by atomic mass is 19.1. The molecule has 1 fully saturated rings. The summed E-state index contributed by atoms with van der Waals surface area (Å²) in [6, 6.07) is 10.9. The summed E-state index contributed by atoms with van der Waals surface area (Å²) >= 11 is 0. The molecule has 2 aliphatic rings. The summed E-state index contributed by atoms with van der Waals surface area (Å²) < 4.78 is 28.3. The Morgan fingerprint density at radius 3 is 2.54 bits per heavy atom. The topological polar surface area (TPSA) is 40.5 Å². The smallest absolute Gasteiger partial charge is 0.225 e. The van der Waals surface area contributed by atoms with Crippen molar-refractivity contribution >= 4 is 5.91 Å². The average molecular weight is 357 g/mol. The molecule has 5 heteroatoms. The Balaban J connectivity index is 1.41. The summed E-state index contributed by atoms with van der Waals surface area (Å²) in [4.78, 5) is 14.6. The molecule has 1 saturated carbocycles. The largest absolute Gasteiger partial charge is 0.508 e. The lowest BCUT2D eigenvalue weighted by Gasteiger charge is -2.42. The summed E-state index contributed by atoms with van der Waals surface area (Å²) in [5.74, 6) is -0.591. The molecule has 0 radical (unpaired) electrons. The van der Waals surface area contributed by atoms with Gasteiger partial charge >= 0.3 is 0 Å². The van der Waals surface area contributed by atoms with E-state index >= 15 is 0 Å². The number of hydrogen-bond donors (Lipinski definition) is 1. The summed E-state index contributed by atoms with van der Waals surface area (Å²) in [7, 11) is 0. The van der Waals surface area contributed by atoms with Gasteiger partial charge in [-0.3, -0.25) is 4.79 Å². The molecular weight excluding hydrogens is 336 g/mol. The molecule has 4 rings (SSSR count). The van der Waals surface area contributed by atoms with Crippen LogP contribution in [0.5, 0.6) is 5.75 Å². The molecule has 1 aliphatic carbocycles. The Morgan fingerprint density at radius 1 is 1.08 bits per heavy atom. The zero-order valence-corrected chi connectivity index (χ0v) is 14.4. The van der Waals surface area contributed by atoms with Crippen LogP contribution < -0.4 is 0 Å². The molecule has 0 atom stereocenters. The second kappa shape index (κ2) is 6.38. The van der Waals surface area contributed by atoms with E-state index < -0.39 is 11.5 Å². The third-order valence-electron chi connectivity index (χ3n) is 5.63. The lowest BCUT2D eigenvalue weighted by molar-refractivity contribution is -0.145. The first-order valence-corrected chi connectivity index (χ1v) is 8.99. The zero-order valence-electron chi connectivity index (χ0n) is 14.4. The lowest BCUT2D eigenvalue weighted by atomic mass is 9.68. The number of nitrogens with zero attached hydrogens (tertiary/aromatic N) is 1. The molecule has 136 valence electrons. The standard InChI is InChI=1S/C21H21F2NO2/c22-18-3-1-2-17(11-18)21(23)12-16(13-21)20(26)24-8-6-14-4-5-19(25)10-15(14)7-9-24/h1-5,10-11,16,25H,6-9,12-13H2. The molecule has 1 N–H and O–H groups in total. The Hall–Kier alpha value is -2.43. The number of phenolic OH excluding ortho intramolecular Hbond substituents is 1. The van der Waals surface area contributed by atoms with Crippen molar-refractivity contribution in [2.75, 3.05) is 13.1 Å². The number of rotatable bonds is 2. The molecule has 1 amide bonds. The van der Waals surface area contributed by atoms with Gasteiger partial charge in [-0.05, 0) is 66.6 Å². The highest BCUT2D eigenvalue weighted by Crippen LogP contribution is 2.49. The van der Waals surface area contributed by atoms with Gasteiger partial charge in [-0.15, -0.1) is 0 Å². The third kappa shape index (κ3) is 3.06. The minimum atomic E-state index is -1.61. The molecule has 0 saturated heterocycles. The van der Waals surface area contributed by atoms with Crippen molar-refractivity contribution in [2.24, 2.45) is 5.92 Å². The van der Waals surface area contributed by atoms with E-state index in [4.69, 9.17) is 0 Å². The fraction of sp³-hybridized carbons (Fsp3) is 0.381. The maximum Gasteiger partial charge on any atom is 0.225 e. The Kier molecular flexibility index (Phi) is 4.17. The number of carbonyl (C=O) groups is 1. The van der Waals surface area contributed by atoms with E-state index in [1.54, 1.807) is 23.1 Å². The van der Waals surface area contributed by atoms with E-state index in [0.717, 1.165) is 17.5 Å². The van der Waals surface area contributed by atoms with Crippen LogP contribution in [-0.2, 0) is 23.3 Å². The molecule has 1 heterocycles. The van der Waals surface area contributed by atoms with Gasteiger partial charge in [-0.1, -0.05) is 18.2 Å². The molecule has 0 bridgehead atoms. The quantitative estimate of drug-likeness (QED) is 0.890. The van der Waals surface area contributed by atoms with Gasteiger partial charge in [-0.2, -0.15) is 0 Å². The number of carbonyl (C=O) groups excluding carboxylic acids is 1. The number of amides is 1. The monoisotopic (exact) mass is 357 g/mol. The van der Waals surface area contributed by atoms with Gasteiger partial charge in [0, 0.05) is 19.0 Å². The first kappa shape index (κ1) is 17.0. The Morgan fingerprint density at radius 2 is 1.81 bits per heavy atom. The molecule has 2 aromatic rings. The number of alkyl halides is 1. The number of hydrogen-bond acceptors (Lipinski definition) is 2. The number of phenols is 1. The first-order valence-electron chi connectivity index (χ1n) is 8.99. The predicted molar refractivity (Wildman–Crippen MR) is 94.0 cm³/mol. The van der Waals surface area contributed by atoms with Crippen LogP contribution in [0.4, 0.5) is 8.78 Å². The summed E-state index contributed by atoms with van der Waals surface area (Å²) in [5, 5.41) is 9.63. The summed E-state index contributed by atoms with van der Waals surface area (Å²) in [6.45, 7) is 1.18. The van der Waals surface area contributed by atoms with Gasteiger partial charge in [0.15, 0.2) is 0 Å². The van der Waals surface area contributed by atoms with Crippen LogP contribution in [0.25, 0.3) is 0 Å². The number of benzene rings is 2. The van der Waals surface area contributed by atoms with Crippen molar-refractivity contribution < 1.29 is 18.7 Å². The van der Waals surface area contributed by atoms with E-state index in [1.165, 1.54) is 18.2 Å². The predicted octanol–water partition coefficient (Wildman–Crippen LogP) is 3.73. The summed E-state index contributed by atoms with van der Waals surface area (Å²) in [6.07, 6.45) is 1.64. The van der Waals surface area contributed by atoms with Crippen LogP contribution in [0.1, 0.15) is 29.5 Å². The van der Waals surface area contributed by atoms with Gasteiger partial charge in [0.05, 0.1) is 0 Å². The van der Waals surface area contributed by atoms with Crippen LogP contribution in [0.3, 0.4) is 0 Å². The van der Waals surface area contributed by atoms with Gasteiger partial charge in [0.25, 0.3) is 0 Å². The highest BCUT2D eigenvalue weighted by Gasteiger charge is 2.50. The molecular formula is C21H21F2NO2. The van der Waals surface area contributed by atoms with Crippen molar-refractivity contribution in [1.82, 2.24) is 4.90 Å². The van der Waals surface area contributed by atoms with E-state index in [9.17, 15) is 18.7 Å². The molecule has 26 heavy (non-hydrogen) atoms. The van der Waals surface area contributed by atoms with Gasteiger partial charge in [-0.25, -0.2) is 8.78 Å². The van der Waals surface area contributed by atoms with Crippen molar-refractivity contribution in [3.05, 3.63) is 65.0 Å². The molecule has 0 aromatic heterocycles. The van der Waals surface area contributed by atoms with Gasteiger partial charge in [0.2, 0.25) is 5.91 Å². The fourth-order valence-electron chi connectivity index (χ4n) is 4.09. The summed E-state index contributed by atoms with van der Waals surface area (Å²) in [5.41, 5.74) is 0.920. The minimum absolute atomic E-state index is 0.0216. The number of fused-ring (bicyclic) bond motifs is 1. The zero-order chi connectivity index (χ0) is 18.3. The fourth-order valence-corrected chi connectivity index (χ4v) is 4.09. The third-order valence-corrected chi connectivity index (χ3v) is 5.63. The molecule has 0 spiro atoms. The second-order valence-electron chi connectivity index (χ2n) is 7.36. The first-order chi connectivity index (χ1) is 12.4. The van der Waals surface area contributed by atoms with Crippen molar-refractivity contribution in [3.63, 3.8) is 0 Å². The highest BCUT2D eigenvalue weighted by molar-refractivity contribution is 5.80. The minimum Gasteiger partial charge on any atom is -0.508 e. The second-order valence-corrected chi connectivity index (χ2v) is 7.36. The van der Waals surface area contributed by atoms with Gasteiger partial charge < -0.3 is 10.0 Å². The van der Waals surface area contributed by atoms with Gasteiger partial charge in [0.1, 0.15) is 17.2 Å². The Bertz CT molecular complexity index is 846. The van der Waals surface area contributed by atoms with Crippen LogP contribution in [-0.4, -0.2) is 29.0 Å². The molecule has 0 unspecified atom stereocenters. The molecule has 2 aromatic carbocycles. The molecule has 3 nitrogen and oxygen atoms in total.